The molecule has 1 aliphatic heterocycles. The molecule has 1 rings (SSSR count). The molecule has 0 unspecified atom stereocenters. The standard InChI is InChI=1S/C17H34N2O4Si/c1-16(2,3)23-15(21)19-13-12(9-10-18-14(13)20)11-22-24(7,8)17(4,5)6/h12-13H,9-11H2,1-8H3,(H,18,20)(H,19,21)/t12-,13-/m0/s1. The SMILES string of the molecule is CC(C)(C)OC(=O)N[C@@H]1C(=O)NCC[C@H]1CO[Si](C)(C)C(C)(C)C. The lowest BCUT2D eigenvalue weighted by atomic mass is 9.93. The highest BCUT2D eigenvalue weighted by molar-refractivity contribution is 6.74. The smallest absolute Gasteiger partial charge is 0.408 e. The van der Waals surface area contributed by atoms with Crippen LogP contribution in [0.4, 0.5) is 4.79 Å². The normalized spacial score (nSPS) is 22.8. The van der Waals surface area contributed by atoms with Crippen LogP contribution < -0.4 is 10.6 Å². The van der Waals surface area contributed by atoms with E-state index in [-0.39, 0.29) is 16.9 Å². The van der Waals surface area contributed by atoms with Crippen molar-refractivity contribution in [1.29, 1.82) is 0 Å². The quantitative estimate of drug-likeness (QED) is 0.757. The lowest BCUT2D eigenvalue weighted by Gasteiger charge is -2.39. The number of hydrogen-bond donors (Lipinski definition) is 2. The molecule has 6 nitrogen and oxygen atoms in total. The molecule has 2 atom stereocenters. The first-order chi connectivity index (χ1) is 10.7. The number of rotatable bonds is 4. The Labute approximate surface area is 147 Å². The molecule has 0 radical (unpaired) electrons. The molecule has 0 spiro atoms. The Morgan fingerprint density at radius 2 is 1.83 bits per heavy atom. The highest BCUT2D eigenvalue weighted by Gasteiger charge is 2.40. The Morgan fingerprint density at radius 3 is 2.33 bits per heavy atom. The molecule has 0 aromatic heterocycles. The summed E-state index contributed by atoms with van der Waals surface area (Å²) >= 11 is 0. The molecule has 140 valence electrons. The number of carbonyl (C=O) groups is 2. The molecule has 0 aromatic rings. The minimum absolute atomic E-state index is 0.0413. The van der Waals surface area contributed by atoms with Crippen LogP contribution in [0.1, 0.15) is 48.0 Å². The zero-order chi connectivity index (χ0) is 18.8. The Kier molecular flexibility index (Phi) is 6.49. The molecular formula is C17H34N2O4Si. The summed E-state index contributed by atoms with van der Waals surface area (Å²) in [5, 5.41) is 5.63. The van der Waals surface area contributed by atoms with Crippen LogP contribution in [0.15, 0.2) is 0 Å². The van der Waals surface area contributed by atoms with E-state index < -0.39 is 26.1 Å². The monoisotopic (exact) mass is 358 g/mol. The van der Waals surface area contributed by atoms with E-state index in [0.717, 1.165) is 6.42 Å². The Morgan fingerprint density at radius 1 is 1.25 bits per heavy atom. The topological polar surface area (TPSA) is 76.7 Å². The minimum atomic E-state index is -1.89. The molecule has 0 bridgehead atoms. The molecule has 1 saturated heterocycles. The van der Waals surface area contributed by atoms with Crippen LogP contribution in [-0.4, -0.2) is 45.1 Å². The van der Waals surface area contributed by atoms with Crippen molar-refractivity contribution >= 4 is 20.3 Å². The highest BCUT2D eigenvalue weighted by atomic mass is 28.4. The van der Waals surface area contributed by atoms with E-state index in [2.05, 4.69) is 44.5 Å². The molecule has 1 heterocycles. The van der Waals surface area contributed by atoms with Gasteiger partial charge in [-0.2, -0.15) is 0 Å². The number of amides is 2. The number of hydrogen-bond acceptors (Lipinski definition) is 4. The second kappa shape index (κ2) is 7.43. The average Bonchev–Trinajstić information content (AvgIpc) is 2.36. The number of alkyl carbamates (subject to hydrolysis) is 1. The van der Waals surface area contributed by atoms with E-state index in [1.807, 2.05) is 0 Å². The van der Waals surface area contributed by atoms with Crippen LogP contribution in [0.5, 0.6) is 0 Å². The molecule has 0 saturated carbocycles. The molecule has 0 aliphatic carbocycles. The van der Waals surface area contributed by atoms with E-state index in [0.29, 0.717) is 13.2 Å². The minimum Gasteiger partial charge on any atom is -0.444 e. The summed E-state index contributed by atoms with van der Waals surface area (Å²) in [7, 11) is -1.89. The van der Waals surface area contributed by atoms with Crippen LogP contribution in [0.3, 0.4) is 0 Å². The third-order valence-electron chi connectivity index (χ3n) is 4.70. The maximum absolute atomic E-state index is 12.2. The molecule has 0 aromatic carbocycles. The molecule has 1 aliphatic rings. The fourth-order valence-corrected chi connectivity index (χ4v) is 3.26. The number of nitrogens with one attached hydrogen (secondary N) is 2. The molecule has 7 heteroatoms. The maximum Gasteiger partial charge on any atom is 0.408 e. The molecule has 24 heavy (non-hydrogen) atoms. The van der Waals surface area contributed by atoms with Crippen molar-refractivity contribution < 1.29 is 18.8 Å². The number of ether oxygens (including phenoxy) is 1. The van der Waals surface area contributed by atoms with E-state index in [9.17, 15) is 9.59 Å². The Bertz CT molecular complexity index is 466. The summed E-state index contributed by atoms with van der Waals surface area (Å²) in [5.41, 5.74) is -0.595. The second-order valence-electron chi connectivity index (χ2n) is 9.03. The third kappa shape index (κ3) is 6.09. The van der Waals surface area contributed by atoms with Crippen molar-refractivity contribution in [2.45, 2.75) is 77.7 Å². The predicted molar refractivity (Wildman–Crippen MR) is 97.4 cm³/mol. The first-order valence-electron chi connectivity index (χ1n) is 8.64. The fraction of sp³-hybridized carbons (Fsp3) is 0.882. The van der Waals surface area contributed by atoms with Crippen LogP contribution in [-0.2, 0) is 14.0 Å². The van der Waals surface area contributed by atoms with Crippen LogP contribution >= 0.6 is 0 Å². The van der Waals surface area contributed by atoms with Gasteiger partial charge in [0.1, 0.15) is 11.6 Å². The van der Waals surface area contributed by atoms with Crippen molar-refractivity contribution in [2.24, 2.45) is 5.92 Å². The lowest BCUT2D eigenvalue weighted by molar-refractivity contribution is -0.126. The van der Waals surface area contributed by atoms with Gasteiger partial charge >= 0.3 is 6.09 Å². The zero-order valence-electron chi connectivity index (χ0n) is 16.4. The Hall–Kier alpha value is -1.08. The fourth-order valence-electron chi connectivity index (χ4n) is 2.20. The van der Waals surface area contributed by atoms with Crippen molar-refractivity contribution in [3.63, 3.8) is 0 Å². The summed E-state index contributed by atoms with van der Waals surface area (Å²) in [6, 6.07) is -0.613. The van der Waals surface area contributed by atoms with Gasteiger partial charge in [0.2, 0.25) is 5.91 Å². The summed E-state index contributed by atoms with van der Waals surface area (Å²) in [4.78, 5) is 24.2. The first kappa shape index (κ1) is 21.0. The predicted octanol–water partition coefficient (Wildman–Crippen LogP) is 3.04. The average molecular weight is 359 g/mol. The highest BCUT2D eigenvalue weighted by Crippen LogP contribution is 2.37. The van der Waals surface area contributed by atoms with Gasteiger partial charge < -0.3 is 19.8 Å². The van der Waals surface area contributed by atoms with Crippen LogP contribution in [0.2, 0.25) is 18.1 Å². The van der Waals surface area contributed by atoms with Gasteiger partial charge in [-0.15, -0.1) is 0 Å². The van der Waals surface area contributed by atoms with Gasteiger partial charge in [0.05, 0.1) is 0 Å². The number of carbonyl (C=O) groups excluding carboxylic acids is 2. The maximum atomic E-state index is 12.2. The largest absolute Gasteiger partial charge is 0.444 e. The van der Waals surface area contributed by atoms with Gasteiger partial charge in [-0.3, -0.25) is 4.79 Å². The zero-order valence-corrected chi connectivity index (χ0v) is 17.4. The molecule has 1 fully saturated rings. The first-order valence-corrected chi connectivity index (χ1v) is 11.5. The lowest BCUT2D eigenvalue weighted by Crippen LogP contribution is -2.57. The van der Waals surface area contributed by atoms with E-state index >= 15 is 0 Å². The van der Waals surface area contributed by atoms with E-state index in [1.54, 1.807) is 20.8 Å². The third-order valence-corrected chi connectivity index (χ3v) is 9.21. The van der Waals surface area contributed by atoms with Crippen molar-refractivity contribution in [3.8, 4) is 0 Å². The Balaban J connectivity index is 2.73. The van der Waals surface area contributed by atoms with Crippen molar-refractivity contribution in [1.82, 2.24) is 10.6 Å². The summed E-state index contributed by atoms with van der Waals surface area (Å²) < 4.78 is 11.5. The van der Waals surface area contributed by atoms with Gasteiger partial charge in [0.15, 0.2) is 8.32 Å². The molecule has 2 N–H and O–H groups in total. The summed E-state index contributed by atoms with van der Waals surface area (Å²) in [6.45, 7) is 17.4. The van der Waals surface area contributed by atoms with Gasteiger partial charge in [-0.1, -0.05) is 20.8 Å². The van der Waals surface area contributed by atoms with Gasteiger partial charge in [-0.05, 0) is 45.3 Å². The van der Waals surface area contributed by atoms with E-state index in [4.69, 9.17) is 9.16 Å². The number of piperidine rings is 1. The molecule has 2 amide bonds. The van der Waals surface area contributed by atoms with Crippen LogP contribution in [0, 0.1) is 5.92 Å². The second-order valence-corrected chi connectivity index (χ2v) is 13.8. The van der Waals surface area contributed by atoms with Crippen molar-refractivity contribution in [2.75, 3.05) is 13.2 Å². The summed E-state index contributed by atoms with van der Waals surface area (Å²) in [6.07, 6.45) is 0.211. The van der Waals surface area contributed by atoms with Gasteiger partial charge in [-0.25, -0.2) is 4.79 Å². The van der Waals surface area contributed by atoms with Crippen molar-refractivity contribution in [3.05, 3.63) is 0 Å². The van der Waals surface area contributed by atoms with Gasteiger partial charge in [0, 0.05) is 19.1 Å². The van der Waals surface area contributed by atoms with E-state index in [1.165, 1.54) is 0 Å². The molecular weight excluding hydrogens is 324 g/mol. The van der Waals surface area contributed by atoms with Gasteiger partial charge in [0.25, 0.3) is 0 Å². The summed E-state index contributed by atoms with van der Waals surface area (Å²) in [5.74, 6) is -0.212. The van der Waals surface area contributed by atoms with Crippen LogP contribution in [0.25, 0.3) is 0 Å².